The van der Waals surface area contributed by atoms with Crippen molar-refractivity contribution in [3.63, 3.8) is 0 Å². The SMILES string of the molecule is CCOC1=CCC(C(C)=O)=CC1. The lowest BCUT2D eigenvalue weighted by atomic mass is 10.0. The molecule has 0 radical (unpaired) electrons. The minimum atomic E-state index is 0.168. The van der Waals surface area contributed by atoms with Crippen LogP contribution in [0.5, 0.6) is 0 Å². The highest BCUT2D eigenvalue weighted by atomic mass is 16.5. The predicted octanol–water partition coefficient (Wildman–Crippen LogP) is 2.22. The van der Waals surface area contributed by atoms with Crippen molar-refractivity contribution in [1.29, 1.82) is 0 Å². The molecular formula is C10H14O2. The minimum Gasteiger partial charge on any atom is -0.498 e. The Morgan fingerprint density at radius 2 is 2.25 bits per heavy atom. The minimum absolute atomic E-state index is 0.168. The Morgan fingerprint density at radius 3 is 2.67 bits per heavy atom. The van der Waals surface area contributed by atoms with Gasteiger partial charge in [0.15, 0.2) is 5.78 Å². The Kier molecular flexibility index (Phi) is 3.09. The van der Waals surface area contributed by atoms with Crippen LogP contribution >= 0.6 is 0 Å². The number of ether oxygens (including phenoxy) is 1. The number of carbonyl (C=O) groups excluding carboxylic acids is 1. The summed E-state index contributed by atoms with van der Waals surface area (Å²) in [4.78, 5) is 10.9. The molecule has 0 aliphatic heterocycles. The second-order valence-electron chi connectivity index (χ2n) is 2.80. The Balaban J connectivity index is 2.48. The average Bonchev–Trinajstić information content (AvgIpc) is 2.06. The highest BCUT2D eigenvalue weighted by molar-refractivity contribution is 5.93. The van der Waals surface area contributed by atoms with Crippen molar-refractivity contribution in [1.82, 2.24) is 0 Å². The summed E-state index contributed by atoms with van der Waals surface area (Å²) < 4.78 is 5.32. The average molecular weight is 166 g/mol. The summed E-state index contributed by atoms with van der Waals surface area (Å²) in [5, 5.41) is 0. The number of hydrogen-bond donors (Lipinski definition) is 0. The Labute approximate surface area is 72.9 Å². The summed E-state index contributed by atoms with van der Waals surface area (Å²) >= 11 is 0. The molecule has 0 N–H and O–H groups in total. The number of hydrogen-bond acceptors (Lipinski definition) is 2. The molecule has 0 bridgehead atoms. The molecule has 0 saturated carbocycles. The molecule has 0 aromatic heterocycles. The van der Waals surface area contributed by atoms with Gasteiger partial charge in [-0.25, -0.2) is 0 Å². The standard InChI is InChI=1S/C10H14O2/c1-3-12-10-6-4-9(5-7-10)8(2)11/h4,7H,3,5-6H2,1-2H3. The summed E-state index contributed by atoms with van der Waals surface area (Å²) in [5.74, 6) is 1.16. The first-order valence-electron chi connectivity index (χ1n) is 4.25. The number of Topliss-reactive ketones (excluding diaryl/α,β-unsaturated/α-hetero) is 1. The fraction of sp³-hybridized carbons (Fsp3) is 0.500. The molecule has 0 fully saturated rings. The van der Waals surface area contributed by atoms with Crippen molar-refractivity contribution >= 4 is 5.78 Å². The fourth-order valence-corrected chi connectivity index (χ4v) is 1.20. The van der Waals surface area contributed by atoms with Crippen LogP contribution in [0.25, 0.3) is 0 Å². The van der Waals surface area contributed by atoms with E-state index in [-0.39, 0.29) is 5.78 Å². The van der Waals surface area contributed by atoms with E-state index in [0.29, 0.717) is 6.61 Å². The van der Waals surface area contributed by atoms with Gasteiger partial charge in [0.1, 0.15) is 0 Å². The molecule has 0 aromatic rings. The summed E-state index contributed by atoms with van der Waals surface area (Å²) in [6.45, 7) is 4.27. The number of allylic oxidation sites excluding steroid dienone is 3. The molecule has 0 spiro atoms. The van der Waals surface area contributed by atoms with Gasteiger partial charge in [0.25, 0.3) is 0 Å². The van der Waals surface area contributed by atoms with Crippen LogP contribution in [0.3, 0.4) is 0 Å². The number of carbonyl (C=O) groups is 1. The topological polar surface area (TPSA) is 26.3 Å². The summed E-state index contributed by atoms with van der Waals surface area (Å²) in [6.07, 6.45) is 5.43. The van der Waals surface area contributed by atoms with Crippen molar-refractivity contribution < 1.29 is 9.53 Å². The van der Waals surface area contributed by atoms with Crippen LogP contribution in [-0.2, 0) is 9.53 Å². The van der Waals surface area contributed by atoms with E-state index in [9.17, 15) is 4.79 Å². The fourth-order valence-electron chi connectivity index (χ4n) is 1.20. The van der Waals surface area contributed by atoms with Crippen molar-refractivity contribution in [3.05, 3.63) is 23.5 Å². The molecule has 1 rings (SSSR count). The van der Waals surface area contributed by atoms with E-state index in [4.69, 9.17) is 4.74 Å². The van der Waals surface area contributed by atoms with E-state index in [2.05, 4.69) is 0 Å². The molecule has 0 heterocycles. The summed E-state index contributed by atoms with van der Waals surface area (Å²) in [6, 6.07) is 0. The monoisotopic (exact) mass is 166 g/mol. The zero-order valence-electron chi connectivity index (χ0n) is 7.59. The van der Waals surface area contributed by atoms with Gasteiger partial charge in [0, 0.05) is 6.42 Å². The van der Waals surface area contributed by atoms with Crippen LogP contribution in [0.15, 0.2) is 23.5 Å². The van der Waals surface area contributed by atoms with Crippen LogP contribution in [0.1, 0.15) is 26.7 Å². The van der Waals surface area contributed by atoms with Gasteiger partial charge in [0.2, 0.25) is 0 Å². The first kappa shape index (κ1) is 9.04. The molecular weight excluding hydrogens is 152 g/mol. The molecule has 66 valence electrons. The Hall–Kier alpha value is -1.05. The zero-order chi connectivity index (χ0) is 8.97. The van der Waals surface area contributed by atoms with Gasteiger partial charge < -0.3 is 4.74 Å². The normalized spacial score (nSPS) is 16.5. The van der Waals surface area contributed by atoms with E-state index < -0.39 is 0 Å². The van der Waals surface area contributed by atoms with Gasteiger partial charge in [-0.2, -0.15) is 0 Å². The summed E-state index contributed by atoms with van der Waals surface area (Å²) in [5.41, 5.74) is 0.901. The van der Waals surface area contributed by atoms with Gasteiger partial charge in [-0.3, -0.25) is 4.79 Å². The quantitative estimate of drug-likeness (QED) is 0.642. The van der Waals surface area contributed by atoms with E-state index in [1.807, 2.05) is 19.1 Å². The number of rotatable bonds is 3. The first-order valence-corrected chi connectivity index (χ1v) is 4.25. The van der Waals surface area contributed by atoms with Gasteiger partial charge in [-0.1, -0.05) is 6.08 Å². The van der Waals surface area contributed by atoms with Crippen LogP contribution < -0.4 is 0 Å². The highest BCUT2D eigenvalue weighted by Crippen LogP contribution is 2.18. The molecule has 0 saturated heterocycles. The first-order chi connectivity index (χ1) is 5.74. The van der Waals surface area contributed by atoms with E-state index in [1.165, 1.54) is 0 Å². The maximum atomic E-state index is 10.9. The number of ketones is 1. The lowest BCUT2D eigenvalue weighted by Crippen LogP contribution is -2.02. The van der Waals surface area contributed by atoms with Crippen molar-refractivity contribution in [2.45, 2.75) is 26.7 Å². The molecule has 2 nitrogen and oxygen atoms in total. The maximum Gasteiger partial charge on any atom is 0.155 e. The Bertz CT molecular complexity index is 236. The molecule has 0 unspecified atom stereocenters. The Morgan fingerprint density at radius 1 is 1.50 bits per heavy atom. The van der Waals surface area contributed by atoms with Gasteiger partial charge in [0.05, 0.1) is 12.4 Å². The van der Waals surface area contributed by atoms with E-state index >= 15 is 0 Å². The second-order valence-corrected chi connectivity index (χ2v) is 2.80. The van der Waals surface area contributed by atoms with Crippen molar-refractivity contribution in [2.75, 3.05) is 6.61 Å². The van der Waals surface area contributed by atoms with E-state index in [1.54, 1.807) is 6.92 Å². The third-order valence-corrected chi connectivity index (χ3v) is 1.88. The molecule has 12 heavy (non-hydrogen) atoms. The largest absolute Gasteiger partial charge is 0.498 e. The third kappa shape index (κ3) is 2.22. The molecule has 1 aliphatic rings. The second kappa shape index (κ2) is 4.10. The van der Waals surface area contributed by atoms with Crippen LogP contribution in [0.2, 0.25) is 0 Å². The third-order valence-electron chi connectivity index (χ3n) is 1.88. The van der Waals surface area contributed by atoms with Crippen LogP contribution in [0.4, 0.5) is 0 Å². The summed E-state index contributed by atoms with van der Waals surface area (Å²) in [7, 11) is 0. The van der Waals surface area contributed by atoms with Gasteiger partial charge in [-0.15, -0.1) is 0 Å². The molecule has 0 amide bonds. The molecule has 2 heteroatoms. The van der Waals surface area contributed by atoms with Gasteiger partial charge >= 0.3 is 0 Å². The van der Waals surface area contributed by atoms with Crippen LogP contribution in [0, 0.1) is 0 Å². The molecule has 0 aromatic carbocycles. The van der Waals surface area contributed by atoms with Crippen LogP contribution in [-0.4, -0.2) is 12.4 Å². The molecule has 1 aliphatic carbocycles. The van der Waals surface area contributed by atoms with E-state index in [0.717, 1.165) is 24.2 Å². The highest BCUT2D eigenvalue weighted by Gasteiger charge is 2.08. The maximum absolute atomic E-state index is 10.9. The van der Waals surface area contributed by atoms with Crippen molar-refractivity contribution in [2.24, 2.45) is 0 Å². The smallest absolute Gasteiger partial charge is 0.155 e. The van der Waals surface area contributed by atoms with Gasteiger partial charge in [-0.05, 0) is 31.9 Å². The lowest BCUT2D eigenvalue weighted by Gasteiger charge is -2.12. The lowest BCUT2D eigenvalue weighted by molar-refractivity contribution is -0.113. The predicted molar refractivity (Wildman–Crippen MR) is 47.7 cm³/mol. The molecule has 0 atom stereocenters. The zero-order valence-corrected chi connectivity index (χ0v) is 7.59. The van der Waals surface area contributed by atoms with Crippen molar-refractivity contribution in [3.8, 4) is 0 Å².